The molecule has 5 rings (SSSR count). The second-order valence-corrected chi connectivity index (χ2v) is 14.7. The summed E-state index contributed by atoms with van der Waals surface area (Å²) in [5.41, 5.74) is 1.49. The van der Waals surface area contributed by atoms with Gasteiger partial charge in [-0.05, 0) is 109 Å². The molecule has 0 spiro atoms. The van der Waals surface area contributed by atoms with E-state index in [9.17, 15) is 15.0 Å². The minimum atomic E-state index is -0.565. The quantitative estimate of drug-likeness (QED) is 0.414. The summed E-state index contributed by atoms with van der Waals surface area (Å²) in [7, 11) is 0. The molecule has 4 saturated carbocycles. The molecule has 0 bridgehead atoms. The van der Waals surface area contributed by atoms with Gasteiger partial charge in [-0.1, -0.05) is 60.1 Å². The van der Waals surface area contributed by atoms with Crippen molar-refractivity contribution in [3.63, 3.8) is 0 Å². The first-order valence-corrected chi connectivity index (χ1v) is 13.8. The maximum absolute atomic E-state index is 12.8. The maximum atomic E-state index is 12.8. The highest BCUT2D eigenvalue weighted by Gasteiger charge is 2.69. The van der Waals surface area contributed by atoms with Crippen LogP contribution in [0.15, 0.2) is 11.6 Å². The number of aliphatic hydroxyl groups is 1. The lowest BCUT2D eigenvalue weighted by molar-refractivity contribution is -0.202. The smallest absolute Gasteiger partial charge is 0.310 e. The van der Waals surface area contributed by atoms with Crippen LogP contribution in [-0.2, 0) is 4.79 Å². The van der Waals surface area contributed by atoms with Gasteiger partial charge in [0.25, 0.3) is 0 Å². The van der Waals surface area contributed by atoms with Crippen LogP contribution in [0.5, 0.6) is 0 Å². The molecule has 0 heterocycles. The van der Waals surface area contributed by atoms with E-state index in [0.29, 0.717) is 23.7 Å². The summed E-state index contributed by atoms with van der Waals surface area (Å²) in [6.45, 7) is 17.0. The van der Waals surface area contributed by atoms with Crippen LogP contribution in [0.4, 0.5) is 0 Å². The minimum absolute atomic E-state index is 0.0609. The van der Waals surface area contributed by atoms with Crippen molar-refractivity contribution in [2.75, 3.05) is 0 Å². The van der Waals surface area contributed by atoms with Crippen molar-refractivity contribution in [1.82, 2.24) is 0 Å². The van der Waals surface area contributed by atoms with Gasteiger partial charge in [0, 0.05) is 0 Å². The minimum Gasteiger partial charge on any atom is -0.481 e. The van der Waals surface area contributed by atoms with Crippen LogP contribution in [-0.4, -0.2) is 22.3 Å². The Bertz CT molecular complexity index is 874. The zero-order chi connectivity index (χ0) is 24.2. The van der Waals surface area contributed by atoms with E-state index in [4.69, 9.17) is 0 Å². The Balaban J connectivity index is 1.62. The predicted octanol–water partition coefficient (Wildman–Crippen LogP) is 7.09. The lowest BCUT2D eigenvalue weighted by atomic mass is 9.33. The summed E-state index contributed by atoms with van der Waals surface area (Å²) in [6, 6.07) is 0. The van der Waals surface area contributed by atoms with E-state index in [1.54, 1.807) is 0 Å². The number of allylic oxidation sites excluding steroid dienone is 2. The summed E-state index contributed by atoms with van der Waals surface area (Å²) in [6.07, 6.45) is 11.4. The van der Waals surface area contributed by atoms with E-state index >= 15 is 0 Å². The van der Waals surface area contributed by atoms with Crippen LogP contribution in [0.1, 0.15) is 106 Å². The van der Waals surface area contributed by atoms with Crippen molar-refractivity contribution in [2.45, 2.75) is 112 Å². The molecule has 4 fully saturated rings. The number of carboxylic acids is 1. The van der Waals surface area contributed by atoms with Crippen LogP contribution in [0.2, 0.25) is 0 Å². The van der Waals surface area contributed by atoms with E-state index in [-0.39, 0.29) is 33.7 Å². The first-order chi connectivity index (χ1) is 15.2. The monoisotopic (exact) mass is 456 g/mol. The molecule has 186 valence electrons. The molecule has 5 aliphatic carbocycles. The van der Waals surface area contributed by atoms with Gasteiger partial charge < -0.3 is 10.2 Å². The number of fused-ring (bicyclic) bond motifs is 7. The van der Waals surface area contributed by atoms with Gasteiger partial charge in [0.1, 0.15) is 0 Å². The third-order valence-corrected chi connectivity index (χ3v) is 13.1. The number of hydrogen-bond donors (Lipinski definition) is 2. The van der Waals surface area contributed by atoms with Crippen molar-refractivity contribution >= 4 is 5.97 Å². The Labute approximate surface area is 201 Å². The van der Waals surface area contributed by atoms with Gasteiger partial charge in [-0.2, -0.15) is 0 Å². The summed E-state index contributed by atoms with van der Waals surface area (Å²) in [4.78, 5) is 12.8. The Morgan fingerprint density at radius 3 is 2.30 bits per heavy atom. The van der Waals surface area contributed by atoms with Gasteiger partial charge in [0.2, 0.25) is 0 Å². The summed E-state index contributed by atoms with van der Waals surface area (Å²) < 4.78 is 0. The van der Waals surface area contributed by atoms with E-state index in [2.05, 4.69) is 54.5 Å². The molecule has 3 heteroatoms. The number of carbonyl (C=O) groups is 1. The van der Waals surface area contributed by atoms with Gasteiger partial charge in [-0.25, -0.2) is 0 Å². The molecule has 10 atom stereocenters. The number of aliphatic carboxylic acids is 1. The standard InChI is InChI=1S/C30H48O3/c1-18-10-13-30(25(32)33)15-14-28(6)21(24(30)19(18)2)8-9-23-27(5)17-20(31)16-26(3,4)22(27)11-12-29(23,28)7/h8,18-20,22-24,31H,9-17H2,1-7H3,(H,32,33)/t18?,19-,20-,22-,23+,24-,27-,28+,29+,30-/m0/s1. The average molecular weight is 457 g/mol. The van der Waals surface area contributed by atoms with Crippen LogP contribution in [0, 0.1) is 56.7 Å². The highest BCUT2D eigenvalue weighted by atomic mass is 16.4. The van der Waals surface area contributed by atoms with Crippen LogP contribution in [0.3, 0.4) is 0 Å². The largest absolute Gasteiger partial charge is 0.481 e. The summed E-state index contributed by atoms with van der Waals surface area (Å²) in [5, 5.41) is 21.5. The molecule has 0 aliphatic heterocycles. The number of rotatable bonds is 1. The van der Waals surface area contributed by atoms with Gasteiger partial charge in [0.05, 0.1) is 11.5 Å². The molecular weight excluding hydrogens is 408 g/mol. The summed E-state index contributed by atoms with van der Waals surface area (Å²) >= 11 is 0. The second kappa shape index (κ2) is 7.11. The zero-order valence-corrected chi connectivity index (χ0v) is 22.2. The highest BCUT2D eigenvalue weighted by molar-refractivity contribution is 5.76. The highest BCUT2D eigenvalue weighted by Crippen LogP contribution is 2.75. The fourth-order valence-corrected chi connectivity index (χ4v) is 11.1. The second-order valence-electron chi connectivity index (χ2n) is 14.7. The third kappa shape index (κ3) is 2.87. The maximum Gasteiger partial charge on any atom is 0.310 e. The van der Waals surface area contributed by atoms with E-state index in [1.807, 2.05) is 0 Å². The topological polar surface area (TPSA) is 57.5 Å². The summed E-state index contributed by atoms with van der Waals surface area (Å²) in [5.74, 6) is 1.84. The molecule has 0 aromatic carbocycles. The van der Waals surface area contributed by atoms with E-state index in [0.717, 1.165) is 44.9 Å². The van der Waals surface area contributed by atoms with E-state index in [1.165, 1.54) is 18.4 Å². The number of aliphatic hydroxyl groups excluding tert-OH is 1. The fourth-order valence-electron chi connectivity index (χ4n) is 11.1. The van der Waals surface area contributed by atoms with Crippen molar-refractivity contribution in [3.05, 3.63) is 11.6 Å². The van der Waals surface area contributed by atoms with Gasteiger partial charge in [-0.3, -0.25) is 4.79 Å². The molecular formula is C30H48O3. The molecule has 0 amide bonds. The van der Waals surface area contributed by atoms with Crippen molar-refractivity contribution in [3.8, 4) is 0 Å². The molecule has 33 heavy (non-hydrogen) atoms. The molecule has 0 aromatic rings. The van der Waals surface area contributed by atoms with Crippen molar-refractivity contribution in [1.29, 1.82) is 0 Å². The first-order valence-electron chi connectivity index (χ1n) is 13.8. The van der Waals surface area contributed by atoms with Crippen LogP contribution >= 0.6 is 0 Å². The number of hydrogen-bond acceptors (Lipinski definition) is 2. The Hall–Kier alpha value is -0.830. The molecule has 3 nitrogen and oxygen atoms in total. The normalized spacial score (nSPS) is 55.3. The SMILES string of the molecule is CC1CC[C@]2(C(=O)O)CC[C@]3(C)C(=CC[C@@H]4[C@@]5(C)C[C@@H](O)CC(C)(C)[C@@H]5CC[C@]43C)[C@@H]2[C@H]1C. The Morgan fingerprint density at radius 2 is 1.64 bits per heavy atom. The molecule has 2 N–H and O–H groups in total. The first kappa shape index (κ1) is 23.9. The Kier molecular flexibility index (Phi) is 5.15. The zero-order valence-electron chi connectivity index (χ0n) is 22.2. The van der Waals surface area contributed by atoms with E-state index < -0.39 is 11.4 Å². The van der Waals surface area contributed by atoms with Crippen molar-refractivity contribution in [2.24, 2.45) is 56.7 Å². The molecule has 0 saturated heterocycles. The van der Waals surface area contributed by atoms with Crippen LogP contribution < -0.4 is 0 Å². The average Bonchev–Trinajstić information content (AvgIpc) is 2.69. The molecule has 1 unspecified atom stereocenters. The molecule has 5 aliphatic rings. The molecule has 0 radical (unpaired) electrons. The molecule has 0 aromatic heterocycles. The van der Waals surface area contributed by atoms with Gasteiger partial charge in [-0.15, -0.1) is 0 Å². The Morgan fingerprint density at radius 1 is 0.939 bits per heavy atom. The van der Waals surface area contributed by atoms with Gasteiger partial charge in [0.15, 0.2) is 0 Å². The van der Waals surface area contributed by atoms with Crippen molar-refractivity contribution < 1.29 is 15.0 Å². The lowest BCUT2D eigenvalue weighted by Gasteiger charge is -2.71. The fraction of sp³-hybridized carbons (Fsp3) is 0.900. The van der Waals surface area contributed by atoms with Crippen LogP contribution in [0.25, 0.3) is 0 Å². The lowest BCUT2D eigenvalue weighted by Crippen LogP contribution is -2.65. The number of carboxylic acid groups (broad SMARTS) is 1. The third-order valence-electron chi connectivity index (χ3n) is 13.1. The predicted molar refractivity (Wildman–Crippen MR) is 133 cm³/mol. The van der Waals surface area contributed by atoms with Gasteiger partial charge >= 0.3 is 5.97 Å².